The average molecular weight is 345 g/mol. The van der Waals surface area contributed by atoms with E-state index < -0.39 is 0 Å². The molecule has 3 fully saturated rings. The Labute approximate surface area is 155 Å². The first kappa shape index (κ1) is 18.1. The van der Waals surface area contributed by atoms with Crippen molar-refractivity contribution in [3.63, 3.8) is 0 Å². The Bertz CT molecular complexity index is 536. The van der Waals surface area contributed by atoms with Crippen molar-refractivity contribution in [1.82, 2.24) is 0 Å². The van der Waals surface area contributed by atoms with Crippen LogP contribution in [0.3, 0.4) is 0 Å². The maximum absolute atomic E-state index is 11.4. The Morgan fingerprint density at radius 2 is 1.96 bits per heavy atom. The first-order chi connectivity index (χ1) is 11.9. The molecule has 4 aliphatic carbocycles. The van der Waals surface area contributed by atoms with Gasteiger partial charge in [0.2, 0.25) is 0 Å². The Kier molecular flexibility index (Phi) is 4.63. The lowest BCUT2D eigenvalue weighted by Gasteiger charge is -2.58. The second-order valence-corrected chi connectivity index (χ2v) is 10.6. The maximum Gasteiger partial charge on any atom is 0.0608 e. The van der Waals surface area contributed by atoms with Crippen LogP contribution in [0, 0.1) is 40.4 Å². The molecule has 0 aromatic rings. The molecule has 0 aliphatic heterocycles. The van der Waals surface area contributed by atoms with Crippen LogP contribution in [-0.4, -0.2) is 11.2 Å². The topological polar surface area (TPSA) is 20.2 Å². The fraction of sp³-hybridized carbons (Fsp3) is 0.917. The molecule has 142 valence electrons. The van der Waals surface area contributed by atoms with E-state index in [0.717, 1.165) is 18.3 Å². The highest BCUT2D eigenvalue weighted by Crippen LogP contribution is 2.66. The van der Waals surface area contributed by atoms with Crippen LogP contribution in [0.5, 0.6) is 0 Å². The summed E-state index contributed by atoms with van der Waals surface area (Å²) in [5.74, 6) is 3.67. The molecule has 3 saturated carbocycles. The molecule has 4 rings (SSSR count). The van der Waals surface area contributed by atoms with Crippen LogP contribution in [-0.2, 0) is 0 Å². The van der Waals surface area contributed by atoms with Crippen molar-refractivity contribution in [2.45, 2.75) is 98.0 Å². The van der Waals surface area contributed by atoms with Crippen LogP contribution in [0.15, 0.2) is 11.6 Å². The summed E-state index contributed by atoms with van der Waals surface area (Å²) >= 11 is 0. The Morgan fingerprint density at radius 3 is 2.72 bits per heavy atom. The normalized spacial score (nSPS) is 50.4. The predicted octanol–water partition coefficient (Wildman–Crippen LogP) is 6.36. The van der Waals surface area contributed by atoms with Gasteiger partial charge in [0.1, 0.15) is 0 Å². The largest absolute Gasteiger partial charge is 0.393 e. The fourth-order valence-electron chi connectivity index (χ4n) is 8.13. The van der Waals surface area contributed by atoms with Crippen LogP contribution in [0.1, 0.15) is 91.9 Å². The molecular weight excluding hydrogens is 304 g/mol. The highest BCUT2D eigenvalue weighted by Gasteiger charge is 2.61. The summed E-state index contributed by atoms with van der Waals surface area (Å²) in [7, 11) is 0. The lowest BCUT2D eigenvalue weighted by Crippen LogP contribution is -2.54. The van der Waals surface area contributed by atoms with E-state index >= 15 is 0 Å². The zero-order valence-electron chi connectivity index (χ0n) is 17.1. The van der Waals surface area contributed by atoms with Crippen molar-refractivity contribution in [2.24, 2.45) is 40.4 Å². The number of hydrogen-bond acceptors (Lipinski definition) is 1. The number of allylic oxidation sites excluding steroid dienone is 2. The lowest BCUT2D eigenvalue weighted by molar-refractivity contribution is -0.0933. The van der Waals surface area contributed by atoms with Gasteiger partial charge in [-0.05, 0) is 73.5 Å². The van der Waals surface area contributed by atoms with Crippen molar-refractivity contribution in [3.8, 4) is 0 Å². The standard InChI is InChI=1S/C24H40O/c1-5-8-16(2)19-12-13-20-18-11-10-17-9-6-7-14-23(17,3)21(18)15-22(25)24(19,20)4/h11,16-17,19-22,25H,5-10,12-15H2,1-4H3/t16-,17+,19-,20+,21+,22+,23+,24-/m1/s1. The summed E-state index contributed by atoms with van der Waals surface area (Å²) in [6.07, 6.45) is 15.9. The van der Waals surface area contributed by atoms with E-state index in [2.05, 4.69) is 33.8 Å². The molecule has 0 saturated heterocycles. The third-order valence-electron chi connectivity index (χ3n) is 9.61. The first-order valence-electron chi connectivity index (χ1n) is 11.3. The van der Waals surface area contributed by atoms with Gasteiger partial charge in [-0.2, -0.15) is 0 Å². The summed E-state index contributed by atoms with van der Waals surface area (Å²) in [4.78, 5) is 0. The Balaban J connectivity index is 1.67. The van der Waals surface area contributed by atoms with Gasteiger partial charge in [-0.3, -0.25) is 0 Å². The SMILES string of the molecule is CCC[C@@H](C)[C@H]1CC[C@H]2C3=CC[C@@H]4CCCC[C@]4(C)[C@H]3C[C@H](O)[C@]12C. The molecule has 0 amide bonds. The molecule has 4 aliphatic rings. The molecular formula is C24H40O. The third-order valence-corrected chi connectivity index (χ3v) is 9.61. The Morgan fingerprint density at radius 1 is 1.16 bits per heavy atom. The van der Waals surface area contributed by atoms with Gasteiger partial charge >= 0.3 is 0 Å². The van der Waals surface area contributed by atoms with Crippen molar-refractivity contribution in [3.05, 3.63) is 11.6 Å². The minimum absolute atomic E-state index is 0.0936. The summed E-state index contributed by atoms with van der Waals surface area (Å²) in [5, 5.41) is 11.4. The van der Waals surface area contributed by atoms with Gasteiger partial charge in [-0.15, -0.1) is 0 Å². The van der Waals surface area contributed by atoms with E-state index in [9.17, 15) is 5.11 Å². The van der Waals surface area contributed by atoms with Gasteiger partial charge in [0.25, 0.3) is 0 Å². The number of aliphatic hydroxyl groups excluding tert-OH is 1. The lowest BCUT2D eigenvalue weighted by atomic mass is 9.47. The van der Waals surface area contributed by atoms with Crippen LogP contribution >= 0.6 is 0 Å². The molecule has 0 unspecified atom stereocenters. The molecule has 0 bridgehead atoms. The van der Waals surface area contributed by atoms with Crippen LogP contribution in [0.25, 0.3) is 0 Å². The third kappa shape index (κ3) is 2.51. The molecule has 0 radical (unpaired) electrons. The van der Waals surface area contributed by atoms with E-state index in [-0.39, 0.29) is 11.5 Å². The van der Waals surface area contributed by atoms with Crippen molar-refractivity contribution in [2.75, 3.05) is 0 Å². The highest BCUT2D eigenvalue weighted by molar-refractivity contribution is 5.29. The Hall–Kier alpha value is -0.300. The van der Waals surface area contributed by atoms with Gasteiger partial charge in [-0.25, -0.2) is 0 Å². The van der Waals surface area contributed by atoms with E-state index in [0.29, 0.717) is 23.2 Å². The van der Waals surface area contributed by atoms with Gasteiger partial charge in [0.05, 0.1) is 6.10 Å². The molecule has 0 spiro atoms. The summed E-state index contributed by atoms with van der Waals surface area (Å²) in [6, 6.07) is 0. The number of hydrogen-bond donors (Lipinski definition) is 1. The summed E-state index contributed by atoms with van der Waals surface area (Å²) in [6.45, 7) is 9.80. The molecule has 25 heavy (non-hydrogen) atoms. The fourth-order valence-corrected chi connectivity index (χ4v) is 8.13. The van der Waals surface area contributed by atoms with E-state index in [1.165, 1.54) is 57.8 Å². The molecule has 0 aromatic carbocycles. The molecule has 0 heterocycles. The van der Waals surface area contributed by atoms with Crippen molar-refractivity contribution >= 4 is 0 Å². The van der Waals surface area contributed by atoms with Crippen molar-refractivity contribution < 1.29 is 5.11 Å². The van der Waals surface area contributed by atoms with Gasteiger partial charge < -0.3 is 5.11 Å². The molecule has 0 aromatic heterocycles. The second kappa shape index (κ2) is 6.39. The van der Waals surface area contributed by atoms with E-state index in [4.69, 9.17) is 0 Å². The quantitative estimate of drug-likeness (QED) is 0.590. The predicted molar refractivity (Wildman–Crippen MR) is 105 cm³/mol. The monoisotopic (exact) mass is 344 g/mol. The molecule has 8 atom stereocenters. The second-order valence-electron chi connectivity index (χ2n) is 10.6. The maximum atomic E-state index is 11.4. The van der Waals surface area contributed by atoms with Crippen LogP contribution in [0.2, 0.25) is 0 Å². The van der Waals surface area contributed by atoms with Gasteiger partial charge in [0.15, 0.2) is 0 Å². The molecule has 1 heteroatoms. The van der Waals surface area contributed by atoms with Crippen LogP contribution in [0.4, 0.5) is 0 Å². The van der Waals surface area contributed by atoms with Crippen LogP contribution < -0.4 is 0 Å². The zero-order chi connectivity index (χ0) is 17.8. The summed E-state index contributed by atoms with van der Waals surface area (Å²) in [5.41, 5.74) is 2.40. The number of fused-ring (bicyclic) bond motifs is 5. The first-order valence-corrected chi connectivity index (χ1v) is 11.3. The zero-order valence-corrected chi connectivity index (χ0v) is 17.1. The molecule has 1 N–H and O–H groups in total. The highest BCUT2D eigenvalue weighted by atomic mass is 16.3. The van der Waals surface area contributed by atoms with Crippen molar-refractivity contribution in [1.29, 1.82) is 0 Å². The van der Waals surface area contributed by atoms with Gasteiger partial charge in [-0.1, -0.05) is 65.0 Å². The smallest absolute Gasteiger partial charge is 0.0608 e. The van der Waals surface area contributed by atoms with E-state index in [1.807, 2.05) is 0 Å². The minimum atomic E-state index is -0.0936. The number of aliphatic hydroxyl groups is 1. The minimum Gasteiger partial charge on any atom is -0.393 e. The van der Waals surface area contributed by atoms with E-state index in [1.54, 1.807) is 5.57 Å². The molecule has 1 nitrogen and oxygen atoms in total. The average Bonchev–Trinajstić information content (AvgIpc) is 2.94. The number of rotatable bonds is 3. The van der Waals surface area contributed by atoms with Gasteiger partial charge in [0, 0.05) is 5.41 Å². The summed E-state index contributed by atoms with van der Waals surface area (Å²) < 4.78 is 0.